The summed E-state index contributed by atoms with van der Waals surface area (Å²) in [4.78, 5) is 16.2. The van der Waals surface area contributed by atoms with Crippen LogP contribution in [-0.4, -0.2) is 41.7 Å². The third-order valence-corrected chi connectivity index (χ3v) is 8.72. The van der Waals surface area contributed by atoms with Crippen molar-refractivity contribution >= 4 is 16.6 Å². The van der Waals surface area contributed by atoms with Gasteiger partial charge < -0.3 is 43.6 Å². The van der Waals surface area contributed by atoms with Crippen LogP contribution in [0, 0.1) is 11.6 Å². The Kier molecular flexibility index (Phi) is 11.4. The fourth-order valence-corrected chi connectivity index (χ4v) is 6.57. The van der Waals surface area contributed by atoms with Crippen molar-refractivity contribution in [2.75, 3.05) is 32.7 Å². The molecule has 0 amide bonds. The fraction of sp³-hybridized carbons (Fsp3) is 0.324. The molecule has 2 N–H and O–H groups in total. The molecule has 228 valence electrons. The number of aromatic nitrogens is 2. The summed E-state index contributed by atoms with van der Waals surface area (Å²) in [5.74, 6) is -0.475. The number of unbranched alkanes of at least 4 members (excludes halogenated alkanes) is 3. The van der Waals surface area contributed by atoms with Crippen LogP contribution in [0.2, 0.25) is 0 Å². The van der Waals surface area contributed by atoms with Gasteiger partial charge in [-0.25, -0.2) is 8.78 Å². The number of hydrogen-bond donors (Lipinski definition) is 2. The zero-order valence-corrected chi connectivity index (χ0v) is 25.6. The number of nitrogens with one attached hydrogen (secondary N) is 2. The second-order valence-electron chi connectivity index (χ2n) is 11.3. The molecule has 1 saturated heterocycles. The van der Waals surface area contributed by atoms with E-state index in [4.69, 9.17) is 0 Å². The first-order valence-corrected chi connectivity index (χ1v) is 14.9. The van der Waals surface area contributed by atoms with Crippen LogP contribution in [0.4, 0.5) is 8.78 Å². The number of hydrogen-bond acceptors (Lipinski definition) is 1. The lowest BCUT2D eigenvalue weighted by atomic mass is 9.96. The first-order valence-electron chi connectivity index (χ1n) is 14.9. The molecule has 0 aliphatic carbocycles. The number of rotatable bonds is 10. The van der Waals surface area contributed by atoms with Gasteiger partial charge in [-0.05, 0) is 92.1 Å². The zero-order valence-electron chi connectivity index (χ0n) is 24.1. The molecule has 1 aliphatic heterocycles. The Hall–Kier alpha value is -3.23. The van der Waals surface area contributed by atoms with Crippen LogP contribution in [0.15, 0.2) is 95.9 Å². The highest BCUT2D eigenvalue weighted by molar-refractivity contribution is 5.79. The number of halogens is 4. The highest BCUT2D eigenvalue weighted by Gasteiger charge is 2.31. The Balaban J connectivity index is 0.00000212. The number of para-hydroxylation sites is 2. The standard InChI is InChI=1S/C34H36F2N4O.2ClH/c35-28-15-11-26(12-16-28)33(27-13-17-29(36)18-14-27)38-24-22-37(23-25-38)19-5-1-2-6-20-40-31-9-4-3-8-30(31)39-21-7-10-32(39)34(40)41;;/h3-4,7-18,21,33H,1-2,5-6,19-20,22-25H2;2*1H. The number of nitrogens with zero attached hydrogens (tertiary/aromatic N) is 2. The van der Waals surface area contributed by atoms with E-state index >= 15 is 0 Å². The summed E-state index contributed by atoms with van der Waals surface area (Å²) in [5, 5.41) is 0. The molecule has 0 atom stereocenters. The van der Waals surface area contributed by atoms with Crippen LogP contribution < -0.4 is 40.2 Å². The Bertz CT molecular complexity index is 1620. The van der Waals surface area contributed by atoms with Gasteiger partial charge in [0.2, 0.25) is 0 Å². The molecule has 6 rings (SSSR count). The first-order chi connectivity index (χ1) is 20.1. The van der Waals surface area contributed by atoms with Crippen LogP contribution in [-0.2, 0) is 6.54 Å². The normalized spacial score (nSPS) is 16.7. The maximum absolute atomic E-state index is 13.6. The van der Waals surface area contributed by atoms with Gasteiger partial charge in [0.15, 0.2) is 0 Å². The van der Waals surface area contributed by atoms with Crippen molar-refractivity contribution in [2.45, 2.75) is 38.3 Å². The Morgan fingerprint density at radius 2 is 1.21 bits per heavy atom. The minimum absolute atomic E-state index is 0. The second kappa shape index (κ2) is 15.0. The van der Waals surface area contributed by atoms with Gasteiger partial charge in [-0.1, -0.05) is 18.6 Å². The number of piperazine rings is 1. The molecule has 1 fully saturated rings. The molecule has 5 aromatic rings. The minimum atomic E-state index is -0.238. The summed E-state index contributed by atoms with van der Waals surface area (Å²) >= 11 is 0. The quantitative estimate of drug-likeness (QED) is 0.168. The Morgan fingerprint density at radius 3 is 1.84 bits per heavy atom. The summed E-state index contributed by atoms with van der Waals surface area (Å²) < 4.78 is 31.2. The Morgan fingerprint density at radius 1 is 0.651 bits per heavy atom. The molecule has 43 heavy (non-hydrogen) atoms. The molecule has 0 saturated carbocycles. The highest BCUT2D eigenvalue weighted by atomic mass is 35.5. The second-order valence-corrected chi connectivity index (χ2v) is 11.3. The molecule has 0 radical (unpaired) electrons. The molecule has 3 heterocycles. The van der Waals surface area contributed by atoms with Crippen LogP contribution in [0.3, 0.4) is 0 Å². The molecule has 1 aliphatic rings. The molecule has 9 heteroatoms. The van der Waals surface area contributed by atoms with Crippen LogP contribution >= 0.6 is 0 Å². The minimum Gasteiger partial charge on any atom is -1.00 e. The SMILES string of the molecule is O=c1c2cccn2c2ccccc2n1CCCCCC[NH+]1CC[NH+](C(c2ccc(F)cc2)c2ccc(F)cc2)CC1.[Cl-].[Cl-]. The average Bonchev–Trinajstić information content (AvgIpc) is 3.50. The maximum atomic E-state index is 13.6. The van der Waals surface area contributed by atoms with Gasteiger partial charge in [0, 0.05) is 23.9 Å². The van der Waals surface area contributed by atoms with Crippen LogP contribution in [0.25, 0.3) is 16.6 Å². The summed E-state index contributed by atoms with van der Waals surface area (Å²) in [6.07, 6.45) is 6.39. The van der Waals surface area contributed by atoms with Crippen molar-refractivity contribution in [2.24, 2.45) is 0 Å². The van der Waals surface area contributed by atoms with E-state index in [1.165, 1.54) is 35.6 Å². The van der Waals surface area contributed by atoms with E-state index in [0.29, 0.717) is 0 Å². The van der Waals surface area contributed by atoms with E-state index in [9.17, 15) is 13.6 Å². The molecule has 5 nitrogen and oxygen atoms in total. The largest absolute Gasteiger partial charge is 1.00 e. The summed E-state index contributed by atoms with van der Waals surface area (Å²) in [5.41, 5.74) is 5.01. The smallest absolute Gasteiger partial charge is 0.275 e. The van der Waals surface area contributed by atoms with E-state index in [1.807, 2.05) is 69.8 Å². The predicted octanol–water partition coefficient (Wildman–Crippen LogP) is -2.33. The monoisotopic (exact) mass is 626 g/mol. The lowest BCUT2D eigenvalue weighted by Gasteiger charge is -2.35. The Labute approximate surface area is 263 Å². The molecule has 3 aromatic carbocycles. The highest BCUT2D eigenvalue weighted by Crippen LogP contribution is 2.20. The molecular weight excluding hydrogens is 589 g/mol. The summed E-state index contributed by atoms with van der Waals surface area (Å²) in [6.45, 7) is 6.12. The van der Waals surface area contributed by atoms with Gasteiger partial charge in [0.25, 0.3) is 5.56 Å². The molecule has 2 aromatic heterocycles. The van der Waals surface area contributed by atoms with Gasteiger partial charge in [-0.3, -0.25) is 4.79 Å². The zero-order chi connectivity index (χ0) is 28.2. The lowest BCUT2D eigenvalue weighted by molar-refractivity contribution is -1.02. The summed E-state index contributed by atoms with van der Waals surface area (Å²) in [6, 6.07) is 25.6. The van der Waals surface area contributed by atoms with E-state index < -0.39 is 0 Å². The molecular formula is C34H38Cl2F2N4O. The molecule has 0 bridgehead atoms. The maximum Gasteiger partial charge on any atom is 0.275 e. The number of benzene rings is 3. The first kappa shape index (κ1) is 32.7. The number of fused-ring (bicyclic) bond motifs is 3. The third kappa shape index (κ3) is 7.29. The van der Waals surface area contributed by atoms with E-state index in [2.05, 4.69) is 6.07 Å². The van der Waals surface area contributed by atoms with Crippen molar-refractivity contribution in [3.63, 3.8) is 0 Å². The summed E-state index contributed by atoms with van der Waals surface area (Å²) in [7, 11) is 0. The van der Waals surface area contributed by atoms with Crippen LogP contribution in [0.1, 0.15) is 42.9 Å². The van der Waals surface area contributed by atoms with Crippen molar-refractivity contribution in [1.82, 2.24) is 8.97 Å². The van der Waals surface area contributed by atoms with E-state index in [0.717, 1.165) is 86.2 Å². The average molecular weight is 628 g/mol. The number of quaternary nitrogens is 2. The van der Waals surface area contributed by atoms with E-state index in [-0.39, 0.29) is 48.0 Å². The van der Waals surface area contributed by atoms with Gasteiger partial charge in [0.1, 0.15) is 49.4 Å². The van der Waals surface area contributed by atoms with Gasteiger partial charge >= 0.3 is 0 Å². The topological polar surface area (TPSA) is 35.3 Å². The van der Waals surface area contributed by atoms with Gasteiger partial charge in [0.05, 0.1) is 17.6 Å². The van der Waals surface area contributed by atoms with E-state index in [1.54, 1.807) is 4.90 Å². The lowest BCUT2D eigenvalue weighted by Crippen LogP contribution is -3.28. The van der Waals surface area contributed by atoms with Gasteiger partial charge in [-0.2, -0.15) is 0 Å². The number of aryl methyl sites for hydroxylation is 1. The van der Waals surface area contributed by atoms with Crippen molar-refractivity contribution in [1.29, 1.82) is 0 Å². The van der Waals surface area contributed by atoms with Crippen molar-refractivity contribution < 1.29 is 43.4 Å². The van der Waals surface area contributed by atoms with Gasteiger partial charge in [-0.15, -0.1) is 0 Å². The fourth-order valence-electron chi connectivity index (χ4n) is 6.57. The van der Waals surface area contributed by atoms with Crippen molar-refractivity contribution in [3.8, 4) is 0 Å². The predicted molar refractivity (Wildman–Crippen MR) is 159 cm³/mol. The molecule has 0 spiro atoms. The molecule has 0 unspecified atom stereocenters. The van der Waals surface area contributed by atoms with Crippen molar-refractivity contribution in [3.05, 3.63) is 124 Å². The van der Waals surface area contributed by atoms with Crippen LogP contribution in [0.5, 0.6) is 0 Å². The third-order valence-electron chi connectivity index (χ3n) is 8.72.